The van der Waals surface area contributed by atoms with E-state index in [1.54, 1.807) is 10.9 Å². The third-order valence-electron chi connectivity index (χ3n) is 2.51. The summed E-state index contributed by atoms with van der Waals surface area (Å²) in [6.07, 6.45) is 5.31. The van der Waals surface area contributed by atoms with Gasteiger partial charge in [-0.2, -0.15) is 5.10 Å². The molecule has 1 atom stereocenters. The van der Waals surface area contributed by atoms with E-state index < -0.39 is 15.9 Å². The van der Waals surface area contributed by atoms with E-state index in [1.165, 1.54) is 6.20 Å². The zero-order valence-corrected chi connectivity index (χ0v) is 11.5. The van der Waals surface area contributed by atoms with Crippen LogP contribution in [0, 0.1) is 0 Å². The molecule has 1 rings (SSSR count). The minimum atomic E-state index is -3.09. The summed E-state index contributed by atoms with van der Waals surface area (Å²) >= 11 is 0. The molecule has 6 nitrogen and oxygen atoms in total. The zero-order valence-electron chi connectivity index (χ0n) is 10.7. The van der Waals surface area contributed by atoms with E-state index in [2.05, 4.69) is 5.10 Å². The first-order valence-corrected chi connectivity index (χ1v) is 7.89. The van der Waals surface area contributed by atoms with Gasteiger partial charge in [-0.15, -0.1) is 0 Å². The van der Waals surface area contributed by atoms with Crippen molar-refractivity contribution in [3.05, 3.63) is 18.0 Å². The lowest BCUT2D eigenvalue weighted by molar-refractivity contribution is 0.0959. The van der Waals surface area contributed by atoms with Crippen molar-refractivity contribution in [3.63, 3.8) is 0 Å². The lowest BCUT2D eigenvalue weighted by atomic mass is 10.1. The van der Waals surface area contributed by atoms with Crippen molar-refractivity contribution in [3.8, 4) is 0 Å². The smallest absolute Gasteiger partial charge is 0.182 e. The van der Waals surface area contributed by atoms with E-state index in [9.17, 15) is 13.2 Å². The monoisotopic (exact) mass is 273 g/mol. The normalized spacial score (nSPS) is 13.5. The number of hydrogen-bond acceptors (Lipinski definition) is 5. The van der Waals surface area contributed by atoms with E-state index in [0.29, 0.717) is 5.56 Å². The van der Waals surface area contributed by atoms with Gasteiger partial charge in [-0.3, -0.25) is 9.48 Å². The van der Waals surface area contributed by atoms with Crippen LogP contribution >= 0.6 is 0 Å². The van der Waals surface area contributed by atoms with E-state index in [1.807, 2.05) is 6.92 Å². The summed E-state index contributed by atoms with van der Waals surface area (Å²) in [6, 6.07) is -0.793. The molecule has 0 aromatic carbocycles. The molecular formula is C11H19N3O3S. The molecule has 102 valence electrons. The van der Waals surface area contributed by atoms with E-state index in [0.717, 1.165) is 19.2 Å². The lowest BCUT2D eigenvalue weighted by Crippen LogP contribution is -2.32. The van der Waals surface area contributed by atoms with Crippen LogP contribution in [0.4, 0.5) is 0 Å². The standard InChI is InChI=1S/C11H19N3O3S/c1-3-5-14-8-9(7-13-14)11(15)10(12)4-6-18(2,16)17/h7-8,10H,3-6,12H2,1-2H3. The van der Waals surface area contributed by atoms with Crippen molar-refractivity contribution in [1.82, 2.24) is 9.78 Å². The molecule has 1 unspecified atom stereocenters. The van der Waals surface area contributed by atoms with Gasteiger partial charge in [0.05, 0.1) is 23.6 Å². The minimum absolute atomic E-state index is 0.0804. The predicted molar refractivity (Wildman–Crippen MR) is 69.2 cm³/mol. The van der Waals surface area contributed by atoms with Crippen molar-refractivity contribution in [2.75, 3.05) is 12.0 Å². The van der Waals surface area contributed by atoms with Crippen molar-refractivity contribution in [2.24, 2.45) is 5.73 Å². The highest BCUT2D eigenvalue weighted by molar-refractivity contribution is 7.90. The largest absolute Gasteiger partial charge is 0.321 e. The maximum atomic E-state index is 11.9. The van der Waals surface area contributed by atoms with Crippen LogP contribution in [-0.2, 0) is 16.4 Å². The molecule has 7 heteroatoms. The number of aryl methyl sites for hydroxylation is 1. The molecular weight excluding hydrogens is 254 g/mol. The number of sulfone groups is 1. The number of nitrogens with zero attached hydrogens (tertiary/aromatic N) is 2. The molecule has 0 aliphatic rings. The number of Topliss-reactive ketones (excluding diaryl/α,β-unsaturated/α-hetero) is 1. The Kier molecular flexibility index (Phi) is 5.03. The Bertz CT molecular complexity index is 507. The van der Waals surface area contributed by atoms with Gasteiger partial charge in [0.1, 0.15) is 9.84 Å². The number of carbonyl (C=O) groups excluding carboxylic acids is 1. The molecule has 0 amide bonds. The zero-order chi connectivity index (χ0) is 13.8. The summed E-state index contributed by atoms with van der Waals surface area (Å²) in [5, 5.41) is 4.04. The second kappa shape index (κ2) is 6.10. The molecule has 0 radical (unpaired) electrons. The van der Waals surface area contributed by atoms with Crippen LogP contribution in [0.25, 0.3) is 0 Å². The van der Waals surface area contributed by atoms with E-state index in [-0.39, 0.29) is 18.0 Å². The Morgan fingerprint density at radius 2 is 2.22 bits per heavy atom. The summed E-state index contributed by atoms with van der Waals surface area (Å²) in [7, 11) is -3.09. The topological polar surface area (TPSA) is 95.0 Å². The fourth-order valence-electron chi connectivity index (χ4n) is 1.53. The Morgan fingerprint density at radius 1 is 1.56 bits per heavy atom. The maximum Gasteiger partial charge on any atom is 0.182 e. The Balaban J connectivity index is 2.62. The molecule has 0 aliphatic heterocycles. The maximum absolute atomic E-state index is 11.9. The molecule has 0 aliphatic carbocycles. The predicted octanol–water partition coefficient (Wildman–Crippen LogP) is 0.238. The molecule has 18 heavy (non-hydrogen) atoms. The highest BCUT2D eigenvalue weighted by atomic mass is 32.2. The van der Waals surface area contributed by atoms with Gasteiger partial charge >= 0.3 is 0 Å². The molecule has 1 aromatic heterocycles. The minimum Gasteiger partial charge on any atom is -0.321 e. The second-order valence-electron chi connectivity index (χ2n) is 4.38. The van der Waals surface area contributed by atoms with Crippen molar-refractivity contribution < 1.29 is 13.2 Å². The summed E-state index contributed by atoms with van der Waals surface area (Å²) in [6.45, 7) is 2.76. The Labute approximate surface area is 107 Å². The van der Waals surface area contributed by atoms with Gasteiger partial charge in [-0.05, 0) is 12.8 Å². The fourth-order valence-corrected chi connectivity index (χ4v) is 2.21. The summed E-state index contributed by atoms with van der Waals surface area (Å²) in [4.78, 5) is 11.9. The molecule has 1 aromatic rings. The first-order valence-electron chi connectivity index (χ1n) is 5.83. The molecule has 0 saturated carbocycles. The molecule has 0 fully saturated rings. The van der Waals surface area contributed by atoms with Crippen molar-refractivity contribution in [1.29, 1.82) is 0 Å². The van der Waals surface area contributed by atoms with Gasteiger partial charge in [0.2, 0.25) is 0 Å². The molecule has 2 N–H and O–H groups in total. The summed E-state index contributed by atoms with van der Waals surface area (Å²) in [5.74, 6) is -0.343. The van der Waals surface area contributed by atoms with Crippen LogP contribution in [-0.4, -0.2) is 42.0 Å². The van der Waals surface area contributed by atoms with Gasteiger partial charge < -0.3 is 5.73 Å². The SMILES string of the molecule is CCCn1cc(C(=O)C(N)CCS(C)(=O)=O)cn1. The second-order valence-corrected chi connectivity index (χ2v) is 6.64. The quantitative estimate of drug-likeness (QED) is 0.718. The Morgan fingerprint density at radius 3 is 2.78 bits per heavy atom. The average Bonchev–Trinajstić information content (AvgIpc) is 2.73. The number of rotatable bonds is 7. The van der Waals surface area contributed by atoms with Crippen LogP contribution in [0.15, 0.2) is 12.4 Å². The number of ketones is 1. The van der Waals surface area contributed by atoms with Crippen molar-refractivity contribution >= 4 is 15.6 Å². The average molecular weight is 273 g/mol. The lowest BCUT2D eigenvalue weighted by Gasteiger charge is -2.07. The number of aromatic nitrogens is 2. The van der Waals surface area contributed by atoms with E-state index in [4.69, 9.17) is 5.73 Å². The van der Waals surface area contributed by atoms with Gasteiger partial charge in [0.15, 0.2) is 5.78 Å². The van der Waals surface area contributed by atoms with Gasteiger partial charge in [0, 0.05) is 19.0 Å². The third kappa shape index (κ3) is 4.58. The van der Waals surface area contributed by atoms with Gasteiger partial charge in [0.25, 0.3) is 0 Å². The molecule has 0 spiro atoms. The number of nitrogens with two attached hydrogens (primary N) is 1. The third-order valence-corrected chi connectivity index (χ3v) is 3.48. The van der Waals surface area contributed by atoms with Gasteiger partial charge in [-0.1, -0.05) is 6.92 Å². The highest BCUT2D eigenvalue weighted by Crippen LogP contribution is 2.05. The summed E-state index contributed by atoms with van der Waals surface area (Å²) in [5.41, 5.74) is 6.12. The molecule has 0 bridgehead atoms. The van der Waals surface area contributed by atoms with Crippen LogP contribution in [0.2, 0.25) is 0 Å². The van der Waals surface area contributed by atoms with Crippen LogP contribution in [0.5, 0.6) is 0 Å². The fraction of sp³-hybridized carbons (Fsp3) is 0.636. The number of carbonyl (C=O) groups is 1. The van der Waals surface area contributed by atoms with Crippen molar-refractivity contribution in [2.45, 2.75) is 32.4 Å². The first kappa shape index (κ1) is 14.8. The Hall–Kier alpha value is -1.21. The van der Waals surface area contributed by atoms with Crippen LogP contribution in [0.1, 0.15) is 30.1 Å². The molecule has 0 saturated heterocycles. The van der Waals surface area contributed by atoms with Crippen LogP contribution in [0.3, 0.4) is 0 Å². The summed E-state index contributed by atoms with van der Waals surface area (Å²) < 4.78 is 23.7. The first-order chi connectivity index (χ1) is 8.33. The highest BCUT2D eigenvalue weighted by Gasteiger charge is 2.19. The van der Waals surface area contributed by atoms with Gasteiger partial charge in [-0.25, -0.2) is 8.42 Å². The van der Waals surface area contributed by atoms with Crippen LogP contribution < -0.4 is 5.73 Å². The number of hydrogen-bond donors (Lipinski definition) is 1. The van der Waals surface area contributed by atoms with E-state index >= 15 is 0 Å². The molecule has 1 heterocycles.